The lowest BCUT2D eigenvalue weighted by atomic mass is 9.91. The van der Waals surface area contributed by atoms with Crippen LogP contribution in [0.5, 0.6) is 5.75 Å². The minimum absolute atomic E-state index is 0.194. The zero-order valence-electron chi connectivity index (χ0n) is 11.0. The van der Waals surface area contributed by atoms with Gasteiger partial charge < -0.3 is 14.3 Å². The molecule has 2 atom stereocenters. The van der Waals surface area contributed by atoms with Crippen molar-refractivity contribution in [1.82, 2.24) is 0 Å². The highest BCUT2D eigenvalue weighted by molar-refractivity contribution is 5.53. The molecule has 2 unspecified atom stereocenters. The Kier molecular flexibility index (Phi) is 4.37. The van der Waals surface area contributed by atoms with Gasteiger partial charge in [-0.2, -0.15) is 0 Å². The first-order valence-corrected chi connectivity index (χ1v) is 6.45. The normalized spacial score (nSPS) is 20.7. The Morgan fingerprint density at radius 1 is 1.56 bits per heavy atom. The molecule has 2 rings (SSSR count). The predicted octanol–water partition coefficient (Wildman–Crippen LogP) is 2.89. The Hall–Kier alpha value is -1.35. The third-order valence-electron chi connectivity index (χ3n) is 3.64. The van der Waals surface area contributed by atoms with Crippen LogP contribution >= 0.6 is 0 Å². The first-order valence-electron chi connectivity index (χ1n) is 6.45. The van der Waals surface area contributed by atoms with Crippen molar-refractivity contribution in [3.8, 4) is 5.75 Å². The lowest BCUT2D eigenvalue weighted by molar-refractivity contribution is -0.108. The summed E-state index contributed by atoms with van der Waals surface area (Å²) < 4.78 is 10.8. The summed E-state index contributed by atoms with van der Waals surface area (Å²) in [4.78, 5) is 10.7. The molecule has 1 aliphatic rings. The third kappa shape index (κ3) is 2.72. The molecule has 0 aliphatic carbocycles. The van der Waals surface area contributed by atoms with E-state index in [0.717, 1.165) is 37.2 Å². The summed E-state index contributed by atoms with van der Waals surface area (Å²) in [5.41, 5.74) is 2.41. The number of carbonyl (C=O) groups excluding carboxylic acids is 1. The largest absolute Gasteiger partial charge is 0.496 e. The maximum Gasteiger partial charge on any atom is 0.122 e. The van der Waals surface area contributed by atoms with Crippen LogP contribution < -0.4 is 4.74 Å². The Balaban J connectivity index is 2.28. The molecular formula is C15H20O3. The molecule has 0 N–H and O–H groups in total. The van der Waals surface area contributed by atoms with Gasteiger partial charge in [0.25, 0.3) is 0 Å². The minimum atomic E-state index is 0.194. The Labute approximate surface area is 108 Å². The molecule has 1 saturated heterocycles. The number of rotatable bonds is 5. The monoisotopic (exact) mass is 248 g/mol. The van der Waals surface area contributed by atoms with Crippen LogP contribution in [0.2, 0.25) is 0 Å². The molecule has 98 valence electrons. The second-order valence-corrected chi connectivity index (χ2v) is 4.87. The van der Waals surface area contributed by atoms with Crippen LogP contribution in [0.4, 0.5) is 0 Å². The van der Waals surface area contributed by atoms with E-state index in [1.54, 1.807) is 7.11 Å². The van der Waals surface area contributed by atoms with Crippen LogP contribution in [0.15, 0.2) is 18.2 Å². The molecule has 0 amide bonds. The van der Waals surface area contributed by atoms with Crippen LogP contribution in [0.25, 0.3) is 0 Å². The first kappa shape index (κ1) is 13.1. The molecule has 3 heteroatoms. The van der Waals surface area contributed by atoms with Crippen LogP contribution in [-0.4, -0.2) is 26.6 Å². The summed E-state index contributed by atoms with van der Waals surface area (Å²) in [6.45, 7) is 3.70. The van der Waals surface area contributed by atoms with Gasteiger partial charge in [-0.3, -0.25) is 0 Å². The van der Waals surface area contributed by atoms with Crippen molar-refractivity contribution in [2.75, 3.05) is 20.3 Å². The topological polar surface area (TPSA) is 35.5 Å². The van der Waals surface area contributed by atoms with E-state index in [2.05, 4.69) is 19.1 Å². The summed E-state index contributed by atoms with van der Waals surface area (Å²) in [7, 11) is 1.67. The third-order valence-corrected chi connectivity index (χ3v) is 3.64. The number of hydrogen-bond donors (Lipinski definition) is 0. The highest BCUT2D eigenvalue weighted by Crippen LogP contribution is 2.33. The fourth-order valence-electron chi connectivity index (χ4n) is 2.46. The number of aldehydes is 1. The average molecular weight is 248 g/mol. The van der Waals surface area contributed by atoms with E-state index in [0.29, 0.717) is 12.3 Å². The van der Waals surface area contributed by atoms with Crippen molar-refractivity contribution in [2.45, 2.75) is 31.6 Å². The fourth-order valence-corrected chi connectivity index (χ4v) is 2.46. The van der Waals surface area contributed by atoms with E-state index in [1.807, 2.05) is 6.07 Å². The molecule has 1 fully saturated rings. The molecule has 0 aromatic heterocycles. The zero-order chi connectivity index (χ0) is 13.0. The van der Waals surface area contributed by atoms with E-state index in [1.165, 1.54) is 5.56 Å². The van der Waals surface area contributed by atoms with Gasteiger partial charge in [0.05, 0.1) is 13.7 Å². The maximum absolute atomic E-state index is 10.7. The smallest absolute Gasteiger partial charge is 0.122 e. The quantitative estimate of drug-likeness (QED) is 0.752. The Morgan fingerprint density at radius 2 is 2.39 bits per heavy atom. The molecule has 3 nitrogen and oxygen atoms in total. The van der Waals surface area contributed by atoms with E-state index >= 15 is 0 Å². The van der Waals surface area contributed by atoms with Gasteiger partial charge >= 0.3 is 0 Å². The second kappa shape index (κ2) is 6.01. The molecule has 18 heavy (non-hydrogen) atoms. The van der Waals surface area contributed by atoms with Crippen LogP contribution in [0.1, 0.15) is 42.7 Å². The highest BCUT2D eigenvalue weighted by atomic mass is 16.5. The van der Waals surface area contributed by atoms with Crippen molar-refractivity contribution in [3.63, 3.8) is 0 Å². The minimum Gasteiger partial charge on any atom is -0.496 e. The van der Waals surface area contributed by atoms with E-state index in [-0.39, 0.29) is 5.92 Å². The van der Waals surface area contributed by atoms with Crippen LogP contribution in [-0.2, 0) is 9.53 Å². The zero-order valence-corrected chi connectivity index (χ0v) is 11.0. The molecule has 0 saturated carbocycles. The summed E-state index contributed by atoms with van der Waals surface area (Å²) >= 11 is 0. The summed E-state index contributed by atoms with van der Waals surface area (Å²) in [5.74, 6) is 1.55. The Bertz CT molecular complexity index is 408. The number of hydrogen-bond acceptors (Lipinski definition) is 3. The fraction of sp³-hybridized carbons (Fsp3) is 0.533. The standard InChI is InChI=1S/C15H20O3/c1-11(5-7-16)14-9-12(3-4-15(14)17-2)13-6-8-18-10-13/h3-4,7,9,11,13H,5-6,8,10H2,1-2H3. The highest BCUT2D eigenvalue weighted by Gasteiger charge is 2.20. The number of benzene rings is 1. The van der Waals surface area contributed by atoms with Crippen LogP contribution in [0, 0.1) is 0 Å². The van der Waals surface area contributed by atoms with Gasteiger partial charge in [0.1, 0.15) is 12.0 Å². The summed E-state index contributed by atoms with van der Waals surface area (Å²) in [5, 5.41) is 0. The van der Waals surface area contributed by atoms with Crippen LogP contribution in [0.3, 0.4) is 0 Å². The maximum atomic E-state index is 10.7. The lowest BCUT2D eigenvalue weighted by Gasteiger charge is -2.17. The summed E-state index contributed by atoms with van der Waals surface area (Å²) in [6, 6.07) is 6.28. The second-order valence-electron chi connectivity index (χ2n) is 4.87. The Morgan fingerprint density at radius 3 is 3.00 bits per heavy atom. The molecule has 1 aromatic rings. The van der Waals surface area contributed by atoms with E-state index < -0.39 is 0 Å². The number of ether oxygens (including phenoxy) is 2. The van der Waals surface area contributed by atoms with Crippen molar-refractivity contribution < 1.29 is 14.3 Å². The van der Waals surface area contributed by atoms with Gasteiger partial charge in [0, 0.05) is 18.9 Å². The van der Waals surface area contributed by atoms with Gasteiger partial charge in [0.2, 0.25) is 0 Å². The average Bonchev–Trinajstić information content (AvgIpc) is 2.92. The van der Waals surface area contributed by atoms with Gasteiger partial charge in [-0.15, -0.1) is 0 Å². The molecule has 1 heterocycles. The van der Waals surface area contributed by atoms with Crippen molar-refractivity contribution in [1.29, 1.82) is 0 Å². The van der Waals surface area contributed by atoms with E-state index in [9.17, 15) is 4.79 Å². The molecule has 0 radical (unpaired) electrons. The summed E-state index contributed by atoms with van der Waals surface area (Å²) in [6.07, 6.45) is 2.57. The van der Waals surface area contributed by atoms with Crippen molar-refractivity contribution in [3.05, 3.63) is 29.3 Å². The van der Waals surface area contributed by atoms with Gasteiger partial charge in [-0.05, 0) is 29.5 Å². The lowest BCUT2D eigenvalue weighted by Crippen LogP contribution is -2.03. The molecule has 1 aromatic carbocycles. The number of carbonyl (C=O) groups is 1. The number of methoxy groups -OCH3 is 1. The van der Waals surface area contributed by atoms with Gasteiger partial charge in [0.15, 0.2) is 0 Å². The molecule has 0 bridgehead atoms. The molecular weight excluding hydrogens is 228 g/mol. The first-order chi connectivity index (χ1) is 8.76. The molecule has 0 spiro atoms. The SMILES string of the molecule is COc1ccc(C2CCOC2)cc1C(C)CC=O. The van der Waals surface area contributed by atoms with Gasteiger partial charge in [-0.25, -0.2) is 0 Å². The van der Waals surface area contributed by atoms with Crippen molar-refractivity contribution >= 4 is 6.29 Å². The molecule has 1 aliphatic heterocycles. The van der Waals surface area contributed by atoms with Crippen molar-refractivity contribution in [2.24, 2.45) is 0 Å². The van der Waals surface area contributed by atoms with Gasteiger partial charge in [-0.1, -0.05) is 19.1 Å². The predicted molar refractivity (Wildman–Crippen MR) is 70.3 cm³/mol. The van der Waals surface area contributed by atoms with E-state index in [4.69, 9.17) is 9.47 Å².